The average molecular weight is 276 g/mol. The summed E-state index contributed by atoms with van der Waals surface area (Å²) in [6.07, 6.45) is 1.02. The van der Waals surface area contributed by atoms with E-state index < -0.39 is 0 Å². The van der Waals surface area contributed by atoms with Gasteiger partial charge in [-0.15, -0.1) is 0 Å². The van der Waals surface area contributed by atoms with Crippen LogP contribution in [0.15, 0.2) is 18.2 Å². The van der Waals surface area contributed by atoms with Gasteiger partial charge in [0.25, 0.3) is 0 Å². The van der Waals surface area contributed by atoms with E-state index in [-0.39, 0.29) is 17.9 Å². The third kappa shape index (κ3) is 2.12. The molecule has 0 aliphatic carbocycles. The number of hydrogen-bond donors (Lipinski definition) is 1. The van der Waals surface area contributed by atoms with E-state index in [1.807, 2.05) is 18.2 Å². The largest absolute Gasteiger partial charge is 0.497 e. The number of benzene rings is 1. The molecule has 0 bridgehead atoms. The Hall–Kier alpha value is -1.75. The van der Waals surface area contributed by atoms with Crippen LogP contribution in [0, 0.1) is 5.92 Å². The van der Waals surface area contributed by atoms with Gasteiger partial charge in [-0.25, -0.2) is 0 Å². The number of anilines is 2. The van der Waals surface area contributed by atoms with Crippen LogP contribution in [0.4, 0.5) is 11.4 Å². The van der Waals surface area contributed by atoms with E-state index in [1.54, 1.807) is 7.11 Å². The van der Waals surface area contributed by atoms with Gasteiger partial charge in [-0.1, -0.05) is 6.92 Å². The fraction of sp³-hybridized carbons (Fsp3) is 0.533. The maximum absolute atomic E-state index is 12.3. The van der Waals surface area contributed by atoms with E-state index >= 15 is 0 Å². The van der Waals surface area contributed by atoms with Gasteiger partial charge in [0.05, 0.1) is 43.7 Å². The summed E-state index contributed by atoms with van der Waals surface area (Å²) in [4.78, 5) is 14.6. The van der Waals surface area contributed by atoms with Gasteiger partial charge < -0.3 is 19.7 Å². The lowest BCUT2D eigenvalue weighted by Crippen LogP contribution is -2.42. The van der Waals surface area contributed by atoms with Gasteiger partial charge in [0.2, 0.25) is 5.91 Å². The summed E-state index contributed by atoms with van der Waals surface area (Å²) < 4.78 is 10.8. The van der Waals surface area contributed by atoms with Gasteiger partial charge in [-0.3, -0.25) is 4.79 Å². The monoisotopic (exact) mass is 276 g/mol. The number of methoxy groups -OCH3 is 1. The zero-order chi connectivity index (χ0) is 14.1. The second-order valence-corrected chi connectivity index (χ2v) is 5.28. The number of fused-ring (bicyclic) bond motifs is 2. The summed E-state index contributed by atoms with van der Waals surface area (Å²) in [6, 6.07) is 5.90. The summed E-state index contributed by atoms with van der Waals surface area (Å²) in [6.45, 7) is 4.15. The minimum atomic E-state index is -0.0973. The maximum atomic E-state index is 12.3. The Morgan fingerprint density at radius 2 is 2.30 bits per heavy atom. The third-order valence-electron chi connectivity index (χ3n) is 4.02. The first-order chi connectivity index (χ1) is 9.74. The number of nitrogens with zero attached hydrogens (tertiary/aromatic N) is 1. The Bertz CT molecular complexity index is 518. The van der Waals surface area contributed by atoms with E-state index in [4.69, 9.17) is 9.47 Å². The van der Waals surface area contributed by atoms with Crippen molar-refractivity contribution in [2.75, 3.05) is 37.1 Å². The van der Waals surface area contributed by atoms with Crippen LogP contribution >= 0.6 is 0 Å². The topological polar surface area (TPSA) is 50.8 Å². The standard InChI is InChI=1S/C15H20N2O3/c1-3-6-17-13-7-10(19-2)4-5-12(13)16-15(18)11-8-20-9-14(11)17/h4-5,7,11,14H,3,6,8-9H2,1-2H3,(H,16,18). The highest BCUT2D eigenvalue weighted by molar-refractivity contribution is 5.98. The van der Waals surface area contributed by atoms with Crippen LogP contribution in [0.1, 0.15) is 13.3 Å². The zero-order valence-corrected chi connectivity index (χ0v) is 11.9. The van der Waals surface area contributed by atoms with Crippen LogP contribution in [0.5, 0.6) is 5.75 Å². The molecule has 2 atom stereocenters. The van der Waals surface area contributed by atoms with Gasteiger partial charge in [0, 0.05) is 12.6 Å². The Kier molecular flexibility index (Phi) is 3.53. The molecule has 0 saturated carbocycles. The van der Waals surface area contributed by atoms with Crippen LogP contribution in [-0.4, -0.2) is 38.8 Å². The van der Waals surface area contributed by atoms with E-state index in [9.17, 15) is 4.79 Å². The van der Waals surface area contributed by atoms with Crippen LogP contribution in [0.2, 0.25) is 0 Å². The first-order valence-corrected chi connectivity index (χ1v) is 7.08. The second kappa shape index (κ2) is 5.32. The molecule has 1 aromatic carbocycles. The molecule has 1 N–H and O–H groups in total. The highest BCUT2D eigenvalue weighted by Crippen LogP contribution is 2.38. The van der Waals surface area contributed by atoms with E-state index in [0.29, 0.717) is 13.2 Å². The van der Waals surface area contributed by atoms with E-state index in [1.165, 1.54) is 0 Å². The lowest BCUT2D eigenvalue weighted by atomic mass is 10.0. The van der Waals surface area contributed by atoms with Gasteiger partial charge in [0.1, 0.15) is 5.75 Å². The minimum Gasteiger partial charge on any atom is -0.497 e. The molecule has 0 radical (unpaired) electrons. The van der Waals surface area contributed by atoms with Crippen molar-refractivity contribution in [3.63, 3.8) is 0 Å². The summed E-state index contributed by atoms with van der Waals surface area (Å²) in [5, 5.41) is 3.02. The second-order valence-electron chi connectivity index (χ2n) is 5.28. The Labute approximate surface area is 118 Å². The summed E-state index contributed by atoms with van der Waals surface area (Å²) >= 11 is 0. The molecule has 0 aromatic heterocycles. The molecule has 1 saturated heterocycles. The van der Waals surface area contributed by atoms with Crippen molar-refractivity contribution < 1.29 is 14.3 Å². The SMILES string of the molecule is CCCN1c2cc(OC)ccc2NC(=O)C2COCC21. The van der Waals surface area contributed by atoms with Gasteiger partial charge in [0.15, 0.2) is 0 Å². The number of rotatable bonds is 3. The van der Waals surface area contributed by atoms with Crippen LogP contribution in [0.3, 0.4) is 0 Å². The maximum Gasteiger partial charge on any atom is 0.232 e. The number of carbonyl (C=O) groups is 1. The van der Waals surface area contributed by atoms with Gasteiger partial charge in [-0.05, 0) is 18.6 Å². The first-order valence-electron chi connectivity index (χ1n) is 7.08. The molecule has 2 aliphatic rings. The highest BCUT2D eigenvalue weighted by atomic mass is 16.5. The molecule has 1 amide bonds. The molecule has 2 aliphatic heterocycles. The van der Waals surface area contributed by atoms with Crippen molar-refractivity contribution in [2.24, 2.45) is 5.92 Å². The zero-order valence-electron chi connectivity index (χ0n) is 11.9. The Morgan fingerprint density at radius 1 is 1.45 bits per heavy atom. The Morgan fingerprint density at radius 3 is 3.05 bits per heavy atom. The van der Waals surface area contributed by atoms with Crippen molar-refractivity contribution in [2.45, 2.75) is 19.4 Å². The molecule has 108 valence electrons. The third-order valence-corrected chi connectivity index (χ3v) is 4.02. The normalized spacial score (nSPS) is 24.7. The van der Waals surface area contributed by atoms with E-state index in [0.717, 1.165) is 30.1 Å². The fourth-order valence-corrected chi connectivity index (χ4v) is 3.01. The highest BCUT2D eigenvalue weighted by Gasteiger charge is 2.41. The summed E-state index contributed by atoms with van der Waals surface area (Å²) in [5.74, 6) is 0.758. The molecular weight excluding hydrogens is 256 g/mol. The fourth-order valence-electron chi connectivity index (χ4n) is 3.01. The number of nitrogens with one attached hydrogen (secondary N) is 1. The summed E-state index contributed by atoms with van der Waals surface area (Å²) in [7, 11) is 1.66. The van der Waals surface area contributed by atoms with Gasteiger partial charge >= 0.3 is 0 Å². The lowest BCUT2D eigenvalue weighted by molar-refractivity contribution is -0.120. The van der Waals surface area contributed by atoms with Crippen molar-refractivity contribution >= 4 is 17.3 Å². The predicted molar refractivity (Wildman–Crippen MR) is 77.4 cm³/mol. The molecule has 0 spiro atoms. The van der Waals surface area contributed by atoms with Crippen LogP contribution < -0.4 is 15.0 Å². The predicted octanol–water partition coefficient (Wildman–Crippen LogP) is 1.88. The van der Waals surface area contributed by atoms with Crippen molar-refractivity contribution in [1.82, 2.24) is 0 Å². The molecule has 20 heavy (non-hydrogen) atoms. The molecule has 1 fully saturated rings. The van der Waals surface area contributed by atoms with Crippen LogP contribution in [0.25, 0.3) is 0 Å². The van der Waals surface area contributed by atoms with Crippen LogP contribution in [-0.2, 0) is 9.53 Å². The number of amides is 1. The average Bonchev–Trinajstić information content (AvgIpc) is 2.91. The quantitative estimate of drug-likeness (QED) is 0.916. The van der Waals surface area contributed by atoms with Gasteiger partial charge in [-0.2, -0.15) is 0 Å². The lowest BCUT2D eigenvalue weighted by Gasteiger charge is -2.31. The smallest absolute Gasteiger partial charge is 0.232 e. The molecule has 5 heteroatoms. The minimum absolute atomic E-state index is 0.0533. The van der Waals surface area contributed by atoms with Crippen molar-refractivity contribution in [3.05, 3.63) is 18.2 Å². The van der Waals surface area contributed by atoms with E-state index in [2.05, 4.69) is 17.1 Å². The number of ether oxygens (including phenoxy) is 2. The molecule has 3 rings (SSSR count). The first kappa shape index (κ1) is 13.2. The molecule has 1 aromatic rings. The molecular formula is C15H20N2O3. The van der Waals surface area contributed by atoms with Crippen molar-refractivity contribution in [1.29, 1.82) is 0 Å². The summed E-state index contributed by atoms with van der Waals surface area (Å²) in [5.41, 5.74) is 1.89. The Balaban J connectivity index is 2.06. The van der Waals surface area contributed by atoms with Crippen molar-refractivity contribution in [3.8, 4) is 5.75 Å². The molecule has 5 nitrogen and oxygen atoms in total. The molecule has 2 heterocycles. The number of carbonyl (C=O) groups excluding carboxylic acids is 1. The molecule has 2 unspecified atom stereocenters. The number of hydrogen-bond acceptors (Lipinski definition) is 4.